The molecule has 1 fully saturated rings. The van der Waals surface area contributed by atoms with Crippen molar-refractivity contribution < 1.29 is 13.9 Å². The van der Waals surface area contributed by atoms with Crippen LogP contribution in [0.15, 0.2) is 69.9 Å². The average Bonchev–Trinajstić information content (AvgIpc) is 3.27. The van der Waals surface area contributed by atoms with Gasteiger partial charge >= 0.3 is 0 Å². The second-order valence-electron chi connectivity index (χ2n) is 8.41. The Morgan fingerprint density at radius 2 is 1.74 bits per heavy atom. The number of hydrogen-bond donors (Lipinski definition) is 1. The van der Waals surface area contributed by atoms with E-state index in [1.165, 1.54) is 0 Å². The van der Waals surface area contributed by atoms with Gasteiger partial charge in [-0.25, -0.2) is 0 Å². The first-order valence-corrected chi connectivity index (χ1v) is 12.7. The van der Waals surface area contributed by atoms with E-state index in [9.17, 15) is 9.59 Å². The molecule has 0 atom stereocenters. The largest absolute Gasteiger partial charge is 0.440 e. The Hall–Kier alpha value is -3.39. The van der Waals surface area contributed by atoms with Gasteiger partial charge in [-0.05, 0) is 24.3 Å². The monoisotopic (exact) mass is 504 g/mol. The lowest BCUT2D eigenvalue weighted by molar-refractivity contribution is -0.113. The summed E-state index contributed by atoms with van der Waals surface area (Å²) >= 11 is 7.33. The SMILES string of the molecule is O=C(CCl)Nc1ccc2sc3c(-c4cccc5c(=O)cc(N6CCOCC6)oc45)cccc3c2c1. The van der Waals surface area contributed by atoms with Crippen molar-refractivity contribution in [1.82, 2.24) is 0 Å². The van der Waals surface area contributed by atoms with Crippen LogP contribution in [0.5, 0.6) is 0 Å². The number of fused-ring (bicyclic) bond motifs is 4. The topological polar surface area (TPSA) is 71.8 Å². The van der Waals surface area contributed by atoms with Crippen LogP contribution < -0.4 is 15.6 Å². The van der Waals surface area contributed by atoms with Gasteiger partial charge in [-0.15, -0.1) is 22.9 Å². The minimum Gasteiger partial charge on any atom is -0.440 e. The second kappa shape index (κ2) is 9.00. The number of carbonyl (C=O) groups is 1. The number of thiophene rings is 1. The molecule has 0 aliphatic carbocycles. The number of nitrogens with zero attached hydrogens (tertiary/aromatic N) is 1. The number of ether oxygens (including phenoxy) is 1. The van der Waals surface area contributed by atoms with Gasteiger partial charge in [0.2, 0.25) is 5.91 Å². The molecule has 0 spiro atoms. The highest BCUT2D eigenvalue weighted by molar-refractivity contribution is 7.26. The van der Waals surface area contributed by atoms with Crippen LogP contribution in [-0.2, 0) is 9.53 Å². The van der Waals surface area contributed by atoms with E-state index in [4.69, 9.17) is 20.8 Å². The van der Waals surface area contributed by atoms with E-state index >= 15 is 0 Å². The van der Waals surface area contributed by atoms with Crippen LogP contribution >= 0.6 is 22.9 Å². The van der Waals surface area contributed by atoms with Gasteiger partial charge in [-0.1, -0.05) is 30.3 Å². The zero-order valence-electron chi connectivity index (χ0n) is 18.7. The molecule has 5 aromatic rings. The van der Waals surface area contributed by atoms with Crippen LogP contribution in [0.4, 0.5) is 11.6 Å². The average molecular weight is 505 g/mol. The Kier molecular flexibility index (Phi) is 5.68. The predicted molar refractivity (Wildman–Crippen MR) is 143 cm³/mol. The Balaban J connectivity index is 1.54. The molecule has 6 nitrogen and oxygen atoms in total. The van der Waals surface area contributed by atoms with Gasteiger partial charge in [0.05, 0.1) is 18.6 Å². The first-order valence-electron chi connectivity index (χ1n) is 11.3. The summed E-state index contributed by atoms with van der Waals surface area (Å²) in [5.74, 6) is 0.236. The number of halogens is 1. The highest BCUT2D eigenvalue weighted by atomic mass is 35.5. The lowest BCUT2D eigenvalue weighted by Crippen LogP contribution is -2.36. The van der Waals surface area contributed by atoms with Crippen LogP contribution in [0.25, 0.3) is 42.3 Å². The van der Waals surface area contributed by atoms with Crippen LogP contribution in [0.2, 0.25) is 0 Å². The van der Waals surface area contributed by atoms with Gasteiger partial charge in [0, 0.05) is 56.1 Å². The lowest BCUT2D eigenvalue weighted by Gasteiger charge is -2.27. The Bertz CT molecular complexity index is 1650. The Morgan fingerprint density at radius 3 is 2.54 bits per heavy atom. The number of carbonyl (C=O) groups excluding carboxylic acids is 1. The molecule has 3 heterocycles. The number of benzene rings is 3. The Labute approximate surface area is 209 Å². The van der Waals surface area contributed by atoms with Crippen molar-refractivity contribution in [1.29, 1.82) is 0 Å². The summed E-state index contributed by atoms with van der Waals surface area (Å²) in [6, 6.07) is 19.3. The van der Waals surface area contributed by atoms with Gasteiger partial charge in [0.15, 0.2) is 11.3 Å². The Morgan fingerprint density at radius 1 is 0.971 bits per heavy atom. The molecule has 1 N–H and O–H groups in total. The molecule has 1 amide bonds. The molecule has 0 unspecified atom stereocenters. The zero-order chi connectivity index (χ0) is 23.9. The molecule has 6 rings (SSSR count). The second-order valence-corrected chi connectivity index (χ2v) is 9.73. The zero-order valence-corrected chi connectivity index (χ0v) is 20.2. The van der Waals surface area contributed by atoms with Crippen LogP contribution in [-0.4, -0.2) is 38.1 Å². The third-order valence-electron chi connectivity index (χ3n) is 6.26. The molecule has 0 radical (unpaired) electrons. The summed E-state index contributed by atoms with van der Waals surface area (Å²) < 4.78 is 14.0. The number of hydrogen-bond acceptors (Lipinski definition) is 6. The summed E-state index contributed by atoms with van der Waals surface area (Å²) in [6.45, 7) is 2.59. The van der Waals surface area contributed by atoms with Gasteiger partial charge < -0.3 is 19.4 Å². The lowest BCUT2D eigenvalue weighted by atomic mass is 10.0. The van der Waals surface area contributed by atoms with E-state index < -0.39 is 0 Å². The molecular formula is C27H21ClN2O4S. The summed E-state index contributed by atoms with van der Waals surface area (Å²) in [6.07, 6.45) is 0. The third-order valence-corrected chi connectivity index (χ3v) is 7.72. The molecule has 3 aromatic carbocycles. The highest BCUT2D eigenvalue weighted by Gasteiger charge is 2.19. The molecule has 35 heavy (non-hydrogen) atoms. The van der Waals surface area contributed by atoms with Crippen LogP contribution in [0.3, 0.4) is 0 Å². The van der Waals surface area contributed by atoms with Crippen molar-refractivity contribution in [2.75, 3.05) is 42.4 Å². The van der Waals surface area contributed by atoms with Gasteiger partial charge in [-0.2, -0.15) is 0 Å². The fourth-order valence-electron chi connectivity index (χ4n) is 4.60. The first-order chi connectivity index (χ1) is 17.1. The molecule has 1 aliphatic heterocycles. The van der Waals surface area contributed by atoms with Crippen molar-refractivity contribution in [2.45, 2.75) is 0 Å². The summed E-state index contributed by atoms with van der Waals surface area (Å²) in [5, 5.41) is 5.51. The number of alkyl halides is 1. The number of anilines is 2. The number of amides is 1. The van der Waals surface area contributed by atoms with Gasteiger partial charge in [0.25, 0.3) is 0 Å². The highest BCUT2D eigenvalue weighted by Crippen LogP contribution is 2.42. The van der Waals surface area contributed by atoms with E-state index in [2.05, 4.69) is 22.3 Å². The van der Waals surface area contributed by atoms with E-state index in [0.29, 0.717) is 48.8 Å². The predicted octanol–water partition coefficient (Wildman–Crippen LogP) is 5.84. The van der Waals surface area contributed by atoms with Crippen molar-refractivity contribution in [3.63, 3.8) is 0 Å². The van der Waals surface area contributed by atoms with Gasteiger partial charge in [-0.3, -0.25) is 9.59 Å². The smallest absolute Gasteiger partial charge is 0.239 e. The van der Waals surface area contributed by atoms with Crippen molar-refractivity contribution in [3.8, 4) is 11.1 Å². The quantitative estimate of drug-likeness (QED) is 0.311. The standard InChI is InChI=1S/C27H21ClN2O4S/c28-15-24(32)29-16-7-8-23-21(13-16)19-5-2-4-18(27(19)35-23)17-3-1-6-20-22(31)14-25(34-26(17)20)30-9-11-33-12-10-30/h1-8,13-14H,9-12,15H2,(H,29,32). The molecule has 176 valence electrons. The van der Waals surface area contributed by atoms with E-state index in [-0.39, 0.29) is 17.2 Å². The van der Waals surface area contributed by atoms with E-state index in [1.807, 2.05) is 42.5 Å². The normalized spacial score (nSPS) is 14.1. The van der Waals surface area contributed by atoms with Crippen molar-refractivity contribution >= 4 is 71.6 Å². The third kappa shape index (κ3) is 3.95. The summed E-state index contributed by atoms with van der Waals surface area (Å²) in [4.78, 5) is 26.8. The first kappa shape index (κ1) is 22.1. The molecule has 0 saturated carbocycles. The molecule has 1 saturated heterocycles. The van der Waals surface area contributed by atoms with Gasteiger partial charge in [0.1, 0.15) is 11.5 Å². The van der Waals surface area contributed by atoms with Crippen molar-refractivity contribution in [2.24, 2.45) is 0 Å². The van der Waals surface area contributed by atoms with Crippen LogP contribution in [0.1, 0.15) is 0 Å². The molecule has 8 heteroatoms. The fourth-order valence-corrected chi connectivity index (χ4v) is 5.88. The maximum absolute atomic E-state index is 13.0. The summed E-state index contributed by atoms with van der Waals surface area (Å²) in [7, 11) is 0. The maximum atomic E-state index is 13.0. The molecule has 0 bridgehead atoms. The molecule has 2 aromatic heterocycles. The summed E-state index contributed by atoms with van der Waals surface area (Å²) in [5.41, 5.74) is 3.12. The number of morpholine rings is 1. The number of para-hydroxylation sites is 1. The van der Waals surface area contributed by atoms with Crippen molar-refractivity contribution in [3.05, 3.63) is 70.9 Å². The number of nitrogens with one attached hydrogen (secondary N) is 1. The van der Waals surface area contributed by atoms with E-state index in [0.717, 1.165) is 31.3 Å². The maximum Gasteiger partial charge on any atom is 0.239 e. The number of rotatable bonds is 4. The van der Waals surface area contributed by atoms with Crippen LogP contribution in [0, 0.1) is 0 Å². The minimum atomic E-state index is -0.243. The molecule has 1 aliphatic rings. The fraction of sp³-hybridized carbons (Fsp3) is 0.185. The molecular weight excluding hydrogens is 484 g/mol. The minimum absolute atomic E-state index is 0.0576. The van der Waals surface area contributed by atoms with E-state index in [1.54, 1.807) is 17.4 Å².